The lowest BCUT2D eigenvalue weighted by atomic mass is 10.3. The van der Waals surface area contributed by atoms with Gasteiger partial charge in [0.15, 0.2) is 0 Å². The zero-order chi connectivity index (χ0) is 12.8. The van der Waals surface area contributed by atoms with E-state index in [1.807, 2.05) is 29.8 Å². The van der Waals surface area contributed by atoms with Crippen LogP contribution < -0.4 is 4.74 Å². The second-order valence-electron chi connectivity index (χ2n) is 4.02. The second kappa shape index (κ2) is 6.87. The monoisotopic (exact) mass is 326 g/mol. The van der Waals surface area contributed by atoms with Crippen LogP contribution in [-0.2, 0) is 6.54 Å². The lowest BCUT2D eigenvalue weighted by molar-refractivity contribution is 0.231. The Bertz CT molecular complexity index is 476. The van der Waals surface area contributed by atoms with E-state index >= 15 is 0 Å². The molecule has 96 valence electrons. The average Bonchev–Trinajstić information content (AvgIpc) is 2.82. The van der Waals surface area contributed by atoms with Crippen molar-refractivity contribution in [3.8, 4) is 5.75 Å². The van der Waals surface area contributed by atoms with Crippen LogP contribution in [0, 0.1) is 0 Å². The van der Waals surface area contributed by atoms with E-state index in [0.29, 0.717) is 6.61 Å². The van der Waals surface area contributed by atoms with Crippen LogP contribution in [0.2, 0.25) is 0 Å². The number of nitrogens with zero attached hydrogens (tertiary/aromatic N) is 2. The van der Waals surface area contributed by atoms with Crippen molar-refractivity contribution in [1.29, 1.82) is 0 Å². The summed E-state index contributed by atoms with van der Waals surface area (Å²) in [4.78, 5) is 6.47. The summed E-state index contributed by atoms with van der Waals surface area (Å²) in [6.07, 6.45) is 0. The first-order chi connectivity index (χ1) is 8.74. The minimum Gasteiger partial charge on any atom is -0.492 e. The van der Waals surface area contributed by atoms with E-state index in [2.05, 4.69) is 38.2 Å². The highest BCUT2D eigenvalue weighted by Crippen LogP contribution is 2.17. The van der Waals surface area contributed by atoms with Gasteiger partial charge in [-0.3, -0.25) is 4.90 Å². The Balaban J connectivity index is 1.72. The number of likely N-dealkylation sites (N-methyl/N-ethyl adjacent to an activating group) is 1. The van der Waals surface area contributed by atoms with Gasteiger partial charge in [0.1, 0.15) is 12.4 Å². The Morgan fingerprint density at radius 1 is 1.44 bits per heavy atom. The molecule has 2 aromatic rings. The van der Waals surface area contributed by atoms with E-state index < -0.39 is 0 Å². The molecule has 0 unspecified atom stereocenters. The third-order valence-corrected chi connectivity index (χ3v) is 3.58. The third-order valence-electron chi connectivity index (χ3n) is 2.45. The molecule has 0 N–H and O–H groups in total. The fraction of sp³-hybridized carbons (Fsp3) is 0.308. The van der Waals surface area contributed by atoms with Crippen LogP contribution >= 0.6 is 27.3 Å². The number of halogens is 1. The van der Waals surface area contributed by atoms with Crippen LogP contribution in [-0.4, -0.2) is 30.1 Å². The largest absolute Gasteiger partial charge is 0.492 e. The summed E-state index contributed by atoms with van der Waals surface area (Å²) in [5.41, 5.74) is 2.98. The molecule has 18 heavy (non-hydrogen) atoms. The molecule has 0 saturated carbocycles. The predicted molar refractivity (Wildman–Crippen MR) is 78.1 cm³/mol. The van der Waals surface area contributed by atoms with E-state index in [9.17, 15) is 0 Å². The van der Waals surface area contributed by atoms with Crippen molar-refractivity contribution in [3.63, 3.8) is 0 Å². The topological polar surface area (TPSA) is 25.4 Å². The number of thiazole rings is 1. The van der Waals surface area contributed by atoms with Crippen molar-refractivity contribution >= 4 is 27.3 Å². The SMILES string of the molecule is CN(CCOc1cccc(Br)c1)Cc1cscn1. The van der Waals surface area contributed by atoms with E-state index in [1.165, 1.54) is 0 Å². The van der Waals surface area contributed by atoms with Gasteiger partial charge in [0.05, 0.1) is 11.2 Å². The fourth-order valence-electron chi connectivity index (χ4n) is 1.55. The number of rotatable bonds is 6. The molecule has 0 aliphatic rings. The van der Waals surface area contributed by atoms with Gasteiger partial charge in [-0.1, -0.05) is 22.0 Å². The number of hydrogen-bond acceptors (Lipinski definition) is 4. The summed E-state index contributed by atoms with van der Waals surface area (Å²) < 4.78 is 6.72. The van der Waals surface area contributed by atoms with E-state index in [-0.39, 0.29) is 0 Å². The van der Waals surface area contributed by atoms with Crippen molar-refractivity contribution in [3.05, 3.63) is 45.3 Å². The van der Waals surface area contributed by atoms with Crippen LogP contribution in [0.3, 0.4) is 0 Å². The van der Waals surface area contributed by atoms with Gasteiger partial charge in [0.2, 0.25) is 0 Å². The van der Waals surface area contributed by atoms with Crippen LogP contribution in [0.5, 0.6) is 5.75 Å². The first-order valence-electron chi connectivity index (χ1n) is 5.68. The Morgan fingerprint density at radius 3 is 3.06 bits per heavy atom. The summed E-state index contributed by atoms with van der Waals surface area (Å²) in [6, 6.07) is 7.89. The van der Waals surface area contributed by atoms with E-state index in [0.717, 1.165) is 29.0 Å². The summed E-state index contributed by atoms with van der Waals surface area (Å²) >= 11 is 5.05. The average molecular weight is 327 g/mol. The van der Waals surface area contributed by atoms with Gasteiger partial charge >= 0.3 is 0 Å². The second-order valence-corrected chi connectivity index (χ2v) is 5.66. The number of ether oxygens (including phenoxy) is 1. The van der Waals surface area contributed by atoms with Gasteiger partial charge in [-0.05, 0) is 25.2 Å². The van der Waals surface area contributed by atoms with E-state index in [4.69, 9.17) is 4.74 Å². The van der Waals surface area contributed by atoms with Crippen molar-refractivity contribution < 1.29 is 4.74 Å². The van der Waals surface area contributed by atoms with Crippen molar-refractivity contribution in [2.24, 2.45) is 0 Å². The molecule has 1 aromatic heterocycles. The van der Waals surface area contributed by atoms with Crippen LogP contribution in [0.25, 0.3) is 0 Å². The molecule has 0 spiro atoms. The first-order valence-corrected chi connectivity index (χ1v) is 7.41. The van der Waals surface area contributed by atoms with Crippen molar-refractivity contribution in [1.82, 2.24) is 9.88 Å². The maximum Gasteiger partial charge on any atom is 0.120 e. The molecule has 0 aliphatic heterocycles. The van der Waals surface area contributed by atoms with E-state index in [1.54, 1.807) is 11.3 Å². The first kappa shape index (κ1) is 13.5. The molecule has 0 radical (unpaired) electrons. The molecule has 0 amide bonds. The molecule has 5 heteroatoms. The predicted octanol–water partition coefficient (Wildman–Crippen LogP) is 3.42. The molecule has 0 aliphatic carbocycles. The van der Waals surface area contributed by atoms with Gasteiger partial charge in [-0.15, -0.1) is 11.3 Å². The minimum absolute atomic E-state index is 0.678. The number of hydrogen-bond donors (Lipinski definition) is 0. The quantitative estimate of drug-likeness (QED) is 0.813. The highest BCUT2D eigenvalue weighted by atomic mass is 79.9. The Hall–Kier alpha value is -0.910. The fourth-order valence-corrected chi connectivity index (χ4v) is 2.48. The molecule has 0 fully saturated rings. The van der Waals surface area contributed by atoms with Crippen molar-refractivity contribution in [2.75, 3.05) is 20.2 Å². The van der Waals surface area contributed by atoms with Gasteiger partial charge in [-0.25, -0.2) is 4.98 Å². The molecular formula is C13H15BrN2OS. The molecular weight excluding hydrogens is 312 g/mol. The molecule has 0 bridgehead atoms. The summed E-state index contributed by atoms with van der Waals surface area (Å²) in [7, 11) is 2.07. The maximum absolute atomic E-state index is 5.69. The summed E-state index contributed by atoms with van der Waals surface area (Å²) in [6.45, 7) is 2.42. The summed E-state index contributed by atoms with van der Waals surface area (Å²) in [5.74, 6) is 0.895. The van der Waals surface area contributed by atoms with Crippen LogP contribution in [0.4, 0.5) is 0 Å². The highest BCUT2D eigenvalue weighted by molar-refractivity contribution is 9.10. The Labute approximate surface area is 120 Å². The Kier molecular flexibility index (Phi) is 5.16. The van der Waals surface area contributed by atoms with Crippen molar-refractivity contribution in [2.45, 2.75) is 6.54 Å². The zero-order valence-corrected chi connectivity index (χ0v) is 12.6. The number of aromatic nitrogens is 1. The highest BCUT2D eigenvalue weighted by Gasteiger charge is 2.02. The summed E-state index contributed by atoms with van der Waals surface area (Å²) in [5, 5.41) is 2.08. The third kappa shape index (κ3) is 4.40. The zero-order valence-electron chi connectivity index (χ0n) is 10.2. The van der Waals surface area contributed by atoms with Gasteiger partial charge in [-0.2, -0.15) is 0 Å². The minimum atomic E-state index is 0.678. The standard InChI is InChI=1S/C13H15BrN2OS/c1-16(8-12-9-18-10-15-12)5-6-17-13-4-2-3-11(14)7-13/h2-4,7,9-10H,5-6,8H2,1H3. The molecule has 2 rings (SSSR count). The van der Waals surface area contributed by atoms with Gasteiger partial charge in [0.25, 0.3) is 0 Å². The smallest absolute Gasteiger partial charge is 0.120 e. The molecule has 3 nitrogen and oxygen atoms in total. The van der Waals surface area contributed by atoms with Gasteiger partial charge < -0.3 is 4.74 Å². The van der Waals surface area contributed by atoms with Crippen LogP contribution in [0.1, 0.15) is 5.69 Å². The lowest BCUT2D eigenvalue weighted by Crippen LogP contribution is -2.24. The number of benzene rings is 1. The molecule has 0 atom stereocenters. The molecule has 1 heterocycles. The molecule has 1 aromatic carbocycles. The lowest BCUT2D eigenvalue weighted by Gasteiger charge is -2.15. The normalized spacial score (nSPS) is 10.8. The van der Waals surface area contributed by atoms with Crippen LogP contribution in [0.15, 0.2) is 39.6 Å². The molecule has 0 saturated heterocycles. The Morgan fingerprint density at radius 2 is 2.33 bits per heavy atom. The maximum atomic E-state index is 5.69. The van der Waals surface area contributed by atoms with Gasteiger partial charge in [0, 0.05) is 22.9 Å².